The van der Waals surface area contributed by atoms with Gasteiger partial charge < -0.3 is 5.11 Å². The first-order valence-electron chi connectivity index (χ1n) is 6.10. The lowest BCUT2D eigenvalue weighted by molar-refractivity contribution is -0.212. The molecule has 118 valence electrons. The van der Waals surface area contributed by atoms with Crippen molar-refractivity contribution in [3.8, 4) is 0 Å². The summed E-state index contributed by atoms with van der Waals surface area (Å²) in [6, 6.07) is 5.69. The van der Waals surface area contributed by atoms with E-state index in [1.807, 2.05) is 20.8 Å². The highest BCUT2D eigenvalue weighted by molar-refractivity contribution is 7.91. The van der Waals surface area contributed by atoms with Crippen molar-refractivity contribution in [1.82, 2.24) is 0 Å². The highest BCUT2D eigenvalue weighted by Gasteiger charge is 2.45. The molecule has 0 heterocycles. The minimum Gasteiger partial charge on any atom is -0.858 e. The molecular formula is C13H15F3NO3S-. The third-order valence-corrected chi connectivity index (χ3v) is 4.28. The Bertz CT molecular complexity index is 632. The van der Waals surface area contributed by atoms with E-state index in [9.17, 15) is 26.7 Å². The standard InChI is InChI=1S/C13H16F3NO3S/c1-4-12(2,3)10-7-5-9(6-8-10)11(18)17-21(19,20)13(14,15)16/h5-8H,4H2,1-3H3,(H,17,18)/p-1. The van der Waals surface area contributed by atoms with Crippen LogP contribution < -0.4 is 5.11 Å². The largest absolute Gasteiger partial charge is 0.858 e. The normalized spacial score (nSPS) is 14.3. The van der Waals surface area contributed by atoms with Crippen LogP contribution in [0.1, 0.15) is 38.3 Å². The monoisotopic (exact) mass is 322 g/mol. The summed E-state index contributed by atoms with van der Waals surface area (Å²) < 4.78 is 60.3. The molecule has 0 aromatic heterocycles. The van der Waals surface area contributed by atoms with Gasteiger partial charge in [-0.05, 0) is 23.0 Å². The van der Waals surface area contributed by atoms with Crippen molar-refractivity contribution in [2.75, 3.05) is 0 Å². The van der Waals surface area contributed by atoms with E-state index in [0.29, 0.717) is 0 Å². The molecule has 0 atom stereocenters. The summed E-state index contributed by atoms with van der Waals surface area (Å²) in [5.74, 6) is -1.44. The SMILES string of the molecule is CCC(C)(C)c1ccc(/C([O-])=N/S(=O)(=O)C(F)(F)F)cc1. The van der Waals surface area contributed by atoms with Gasteiger partial charge in [0.25, 0.3) is 0 Å². The summed E-state index contributed by atoms with van der Waals surface area (Å²) in [5.41, 5.74) is -5.05. The zero-order chi connectivity index (χ0) is 16.5. The Balaban J connectivity index is 3.14. The number of sulfonamides is 1. The van der Waals surface area contributed by atoms with Crippen molar-refractivity contribution in [2.24, 2.45) is 4.40 Å². The van der Waals surface area contributed by atoms with Gasteiger partial charge in [-0.1, -0.05) is 45.0 Å². The van der Waals surface area contributed by atoms with E-state index in [4.69, 9.17) is 0 Å². The van der Waals surface area contributed by atoms with Gasteiger partial charge in [0.05, 0.1) is 0 Å². The fraction of sp³-hybridized carbons (Fsp3) is 0.462. The van der Waals surface area contributed by atoms with Gasteiger partial charge in [-0.25, -0.2) is 0 Å². The van der Waals surface area contributed by atoms with Gasteiger partial charge >= 0.3 is 15.5 Å². The Hall–Kier alpha value is -1.57. The molecule has 0 saturated carbocycles. The number of hydrogen-bond donors (Lipinski definition) is 0. The lowest BCUT2D eigenvalue weighted by Gasteiger charge is -2.23. The van der Waals surface area contributed by atoms with Gasteiger partial charge in [0.1, 0.15) is 0 Å². The van der Waals surface area contributed by atoms with Crippen LogP contribution in [0.2, 0.25) is 0 Å². The van der Waals surface area contributed by atoms with Crippen LogP contribution in [0.15, 0.2) is 28.7 Å². The maximum Gasteiger partial charge on any atom is 0.518 e. The molecule has 1 aromatic carbocycles. The molecule has 0 unspecified atom stereocenters. The summed E-state index contributed by atoms with van der Waals surface area (Å²) in [6.45, 7) is 5.93. The van der Waals surface area contributed by atoms with Crippen molar-refractivity contribution in [3.05, 3.63) is 35.4 Å². The molecule has 0 saturated heterocycles. The van der Waals surface area contributed by atoms with Crippen molar-refractivity contribution >= 4 is 15.9 Å². The zero-order valence-electron chi connectivity index (χ0n) is 11.7. The molecule has 8 heteroatoms. The van der Waals surface area contributed by atoms with Gasteiger partial charge in [-0.3, -0.25) is 0 Å². The first kappa shape index (κ1) is 17.5. The lowest BCUT2D eigenvalue weighted by Crippen LogP contribution is -2.27. The number of rotatable bonds is 4. The van der Waals surface area contributed by atoms with Crippen molar-refractivity contribution in [2.45, 2.75) is 38.1 Å². The van der Waals surface area contributed by atoms with Gasteiger partial charge in [0.15, 0.2) is 0 Å². The van der Waals surface area contributed by atoms with Crippen LogP contribution in [0.5, 0.6) is 0 Å². The first-order valence-corrected chi connectivity index (χ1v) is 7.54. The maximum atomic E-state index is 12.1. The molecule has 0 aliphatic heterocycles. The van der Waals surface area contributed by atoms with Crippen molar-refractivity contribution in [1.29, 1.82) is 0 Å². The minimum atomic E-state index is -5.81. The quantitative estimate of drug-likeness (QED) is 0.631. The predicted octanol–water partition coefficient (Wildman–Crippen LogP) is 2.33. The van der Waals surface area contributed by atoms with Crippen LogP contribution in [-0.2, 0) is 15.4 Å². The Morgan fingerprint density at radius 1 is 1.19 bits per heavy atom. The van der Waals surface area contributed by atoms with Crippen molar-refractivity contribution in [3.63, 3.8) is 0 Å². The van der Waals surface area contributed by atoms with Gasteiger partial charge in [-0.2, -0.15) is 26.0 Å². The average molecular weight is 322 g/mol. The number of hydrogen-bond acceptors (Lipinski definition) is 3. The Kier molecular flexibility index (Phi) is 4.72. The summed E-state index contributed by atoms with van der Waals surface area (Å²) in [4.78, 5) is 0. The van der Waals surface area contributed by atoms with E-state index < -0.39 is 21.4 Å². The number of benzene rings is 1. The van der Waals surface area contributed by atoms with E-state index >= 15 is 0 Å². The van der Waals surface area contributed by atoms with Crippen LogP contribution in [-0.4, -0.2) is 19.8 Å². The Morgan fingerprint density at radius 3 is 2.05 bits per heavy atom. The molecular weight excluding hydrogens is 307 g/mol. The molecule has 1 rings (SSSR count). The molecule has 0 spiro atoms. The average Bonchev–Trinajstić information content (AvgIpc) is 2.37. The maximum absolute atomic E-state index is 12.1. The number of halogens is 3. The molecule has 0 bridgehead atoms. The summed E-state index contributed by atoms with van der Waals surface area (Å²) in [6.07, 6.45) is 0.827. The topological polar surface area (TPSA) is 69.6 Å². The van der Waals surface area contributed by atoms with Gasteiger partial charge in [-0.15, -0.1) is 0 Å². The first-order chi connectivity index (χ1) is 9.40. The third-order valence-electron chi connectivity index (χ3n) is 3.29. The highest BCUT2D eigenvalue weighted by atomic mass is 32.2. The summed E-state index contributed by atoms with van der Waals surface area (Å²) >= 11 is 0. The molecule has 0 aliphatic rings. The second-order valence-corrected chi connectivity index (χ2v) is 6.73. The second-order valence-electron chi connectivity index (χ2n) is 5.13. The van der Waals surface area contributed by atoms with Crippen LogP contribution in [0, 0.1) is 0 Å². The van der Waals surface area contributed by atoms with Gasteiger partial charge in [0, 0.05) is 5.90 Å². The molecule has 21 heavy (non-hydrogen) atoms. The van der Waals surface area contributed by atoms with E-state index in [2.05, 4.69) is 4.40 Å². The second kappa shape index (κ2) is 5.67. The van der Waals surface area contributed by atoms with Crippen LogP contribution in [0.3, 0.4) is 0 Å². The molecule has 1 aromatic rings. The van der Waals surface area contributed by atoms with Crippen LogP contribution in [0.4, 0.5) is 13.2 Å². The van der Waals surface area contributed by atoms with E-state index in [-0.39, 0.29) is 11.0 Å². The molecule has 0 fully saturated rings. The van der Waals surface area contributed by atoms with Gasteiger partial charge in [0.2, 0.25) is 0 Å². The fourth-order valence-corrected chi connectivity index (χ4v) is 1.91. The van der Waals surface area contributed by atoms with Crippen LogP contribution in [0.25, 0.3) is 0 Å². The lowest BCUT2D eigenvalue weighted by atomic mass is 9.82. The Labute approximate surface area is 121 Å². The molecule has 0 aliphatic carbocycles. The summed E-state index contributed by atoms with van der Waals surface area (Å²) in [5, 5.41) is 11.5. The minimum absolute atomic E-state index is 0.156. The predicted molar refractivity (Wildman–Crippen MR) is 71.3 cm³/mol. The van der Waals surface area contributed by atoms with Crippen molar-refractivity contribution < 1.29 is 26.7 Å². The Morgan fingerprint density at radius 2 is 1.67 bits per heavy atom. The van der Waals surface area contributed by atoms with E-state index in [0.717, 1.165) is 12.0 Å². The van der Waals surface area contributed by atoms with E-state index in [1.54, 1.807) is 12.1 Å². The smallest absolute Gasteiger partial charge is 0.518 e. The zero-order valence-corrected chi connectivity index (χ0v) is 12.5. The fourth-order valence-electron chi connectivity index (χ4n) is 1.48. The molecule has 0 amide bonds. The molecule has 4 nitrogen and oxygen atoms in total. The summed E-state index contributed by atoms with van der Waals surface area (Å²) in [7, 11) is -5.81. The van der Waals surface area contributed by atoms with Crippen LogP contribution >= 0.6 is 0 Å². The van der Waals surface area contributed by atoms with E-state index in [1.165, 1.54) is 12.1 Å². The molecule has 0 N–H and O–H groups in total. The molecule has 0 radical (unpaired) electrons. The number of nitrogens with zero attached hydrogens (tertiary/aromatic N) is 1. The third kappa shape index (κ3) is 3.96. The number of alkyl halides is 3. The highest BCUT2D eigenvalue weighted by Crippen LogP contribution is 2.27.